The molecule has 2 aromatic carbocycles. The first-order valence-electron chi connectivity index (χ1n) is 10.6. The summed E-state index contributed by atoms with van der Waals surface area (Å²) in [5, 5.41) is 3.02. The Kier molecular flexibility index (Phi) is 6.72. The molecule has 0 spiro atoms. The lowest BCUT2D eigenvalue weighted by Crippen LogP contribution is -2.37. The number of hydrogen-bond acceptors (Lipinski definition) is 4. The number of pyridine rings is 1. The summed E-state index contributed by atoms with van der Waals surface area (Å²) < 4.78 is 5.84. The molecule has 1 aliphatic heterocycles. The zero-order chi connectivity index (χ0) is 20.6. The highest BCUT2D eigenvalue weighted by molar-refractivity contribution is 5.95. The Morgan fingerprint density at radius 2 is 1.63 bits per heavy atom. The van der Waals surface area contributed by atoms with Gasteiger partial charge in [0.15, 0.2) is 0 Å². The van der Waals surface area contributed by atoms with Crippen LogP contribution >= 0.6 is 0 Å². The monoisotopic (exact) mass is 401 g/mol. The molecule has 0 unspecified atom stereocenters. The van der Waals surface area contributed by atoms with Gasteiger partial charge < -0.3 is 15.0 Å². The lowest BCUT2D eigenvalue weighted by atomic mass is 10.1. The molecule has 30 heavy (non-hydrogen) atoms. The van der Waals surface area contributed by atoms with Gasteiger partial charge in [-0.2, -0.15) is 0 Å². The summed E-state index contributed by atoms with van der Waals surface area (Å²) in [5.74, 6) is 1.49. The van der Waals surface area contributed by atoms with Gasteiger partial charge in [-0.25, -0.2) is 0 Å². The Labute approximate surface area is 177 Å². The molecule has 0 saturated carbocycles. The number of carbonyl (C=O) groups excluding carboxylic acids is 1. The van der Waals surface area contributed by atoms with E-state index in [9.17, 15) is 4.79 Å². The number of piperidine rings is 1. The van der Waals surface area contributed by atoms with Gasteiger partial charge in [-0.15, -0.1) is 0 Å². The Hall–Kier alpha value is -3.18. The Morgan fingerprint density at radius 3 is 2.40 bits per heavy atom. The van der Waals surface area contributed by atoms with E-state index in [-0.39, 0.29) is 5.91 Å². The molecule has 1 saturated heterocycles. The molecular formula is C25H27N3O2. The van der Waals surface area contributed by atoms with Crippen molar-refractivity contribution >= 4 is 5.91 Å². The average Bonchev–Trinajstić information content (AvgIpc) is 2.81. The highest BCUT2D eigenvalue weighted by Gasteiger charge is 2.11. The number of rotatable bonds is 7. The van der Waals surface area contributed by atoms with Crippen LogP contribution in [0.15, 0.2) is 73.1 Å². The van der Waals surface area contributed by atoms with Gasteiger partial charge in [-0.1, -0.05) is 36.8 Å². The third-order valence-electron chi connectivity index (χ3n) is 5.33. The maximum atomic E-state index is 12.5. The molecular weight excluding hydrogens is 374 g/mol. The number of ether oxygens (including phenoxy) is 1. The number of hydrogen-bond donors (Lipinski definition) is 1. The molecule has 0 bridgehead atoms. The zero-order valence-corrected chi connectivity index (χ0v) is 17.1. The lowest BCUT2D eigenvalue weighted by Gasteiger charge is -2.26. The first-order chi connectivity index (χ1) is 14.8. The van der Waals surface area contributed by atoms with Crippen LogP contribution in [0.5, 0.6) is 11.5 Å². The molecule has 0 atom stereocenters. The SMILES string of the molecule is O=C(NCCN1CCCCC1)c1cncc(-c2ccc(Oc3ccccc3)cc2)c1. The van der Waals surface area contributed by atoms with Crippen molar-refractivity contribution in [1.29, 1.82) is 0 Å². The molecule has 4 rings (SSSR count). The van der Waals surface area contributed by atoms with E-state index in [1.807, 2.05) is 60.7 Å². The van der Waals surface area contributed by atoms with E-state index < -0.39 is 0 Å². The van der Waals surface area contributed by atoms with Gasteiger partial charge in [0.05, 0.1) is 5.56 Å². The minimum atomic E-state index is -0.0783. The molecule has 0 aliphatic carbocycles. The number of benzene rings is 2. The summed E-state index contributed by atoms with van der Waals surface area (Å²) in [6.45, 7) is 3.84. The van der Waals surface area contributed by atoms with E-state index in [4.69, 9.17) is 4.74 Å². The van der Waals surface area contributed by atoms with Crippen molar-refractivity contribution in [2.45, 2.75) is 19.3 Å². The molecule has 3 aromatic rings. The van der Waals surface area contributed by atoms with E-state index in [0.29, 0.717) is 12.1 Å². The molecule has 1 fully saturated rings. The van der Waals surface area contributed by atoms with Crippen molar-refractivity contribution in [2.24, 2.45) is 0 Å². The molecule has 5 nitrogen and oxygen atoms in total. The fourth-order valence-electron chi connectivity index (χ4n) is 3.67. The number of likely N-dealkylation sites (tertiary alicyclic amines) is 1. The van der Waals surface area contributed by atoms with Crippen LogP contribution in [0.1, 0.15) is 29.6 Å². The zero-order valence-electron chi connectivity index (χ0n) is 17.1. The molecule has 154 valence electrons. The van der Waals surface area contributed by atoms with Gasteiger partial charge in [-0.05, 0) is 61.8 Å². The second kappa shape index (κ2) is 10.0. The van der Waals surface area contributed by atoms with E-state index in [2.05, 4.69) is 15.2 Å². The molecule has 2 heterocycles. The highest BCUT2D eigenvalue weighted by atomic mass is 16.5. The van der Waals surface area contributed by atoms with E-state index in [0.717, 1.165) is 42.3 Å². The molecule has 1 aliphatic rings. The predicted octanol–water partition coefficient (Wildman–Crippen LogP) is 4.76. The summed E-state index contributed by atoms with van der Waals surface area (Å²) in [7, 11) is 0. The Balaban J connectivity index is 1.35. The molecule has 1 N–H and O–H groups in total. The van der Waals surface area contributed by atoms with Crippen LogP contribution in [0.4, 0.5) is 0 Å². The fraction of sp³-hybridized carbons (Fsp3) is 0.280. The second-order valence-electron chi connectivity index (χ2n) is 7.56. The maximum Gasteiger partial charge on any atom is 0.252 e. The summed E-state index contributed by atoms with van der Waals surface area (Å²) in [6, 6.07) is 19.4. The van der Waals surface area contributed by atoms with Gasteiger partial charge >= 0.3 is 0 Å². The summed E-state index contributed by atoms with van der Waals surface area (Å²) >= 11 is 0. The lowest BCUT2D eigenvalue weighted by molar-refractivity contribution is 0.0946. The number of amides is 1. The standard InChI is InChI=1S/C25H27N3O2/c29-25(27-13-16-28-14-5-2-6-15-28)22-17-21(18-26-19-22)20-9-11-24(12-10-20)30-23-7-3-1-4-8-23/h1,3-4,7-12,17-19H,2,5-6,13-16H2,(H,27,29). The third kappa shape index (κ3) is 5.45. The molecule has 5 heteroatoms. The fourth-order valence-corrected chi connectivity index (χ4v) is 3.67. The van der Waals surface area contributed by atoms with Crippen LogP contribution < -0.4 is 10.1 Å². The van der Waals surface area contributed by atoms with Crippen molar-refractivity contribution in [3.63, 3.8) is 0 Å². The Bertz CT molecular complexity index is 952. The highest BCUT2D eigenvalue weighted by Crippen LogP contribution is 2.25. The van der Waals surface area contributed by atoms with Crippen LogP contribution in [-0.4, -0.2) is 42.0 Å². The van der Waals surface area contributed by atoms with Gasteiger partial charge in [0, 0.05) is 31.0 Å². The predicted molar refractivity (Wildman–Crippen MR) is 119 cm³/mol. The van der Waals surface area contributed by atoms with Crippen molar-refractivity contribution in [1.82, 2.24) is 15.2 Å². The van der Waals surface area contributed by atoms with Gasteiger partial charge in [0.2, 0.25) is 0 Å². The van der Waals surface area contributed by atoms with Gasteiger partial charge in [0.1, 0.15) is 11.5 Å². The molecule has 1 amide bonds. The number of para-hydroxylation sites is 1. The van der Waals surface area contributed by atoms with E-state index >= 15 is 0 Å². The Morgan fingerprint density at radius 1 is 0.900 bits per heavy atom. The van der Waals surface area contributed by atoms with Crippen LogP contribution in [0.3, 0.4) is 0 Å². The summed E-state index contributed by atoms with van der Waals surface area (Å²) in [5.41, 5.74) is 2.48. The van der Waals surface area contributed by atoms with Gasteiger partial charge in [0.25, 0.3) is 5.91 Å². The van der Waals surface area contributed by atoms with Crippen LogP contribution in [0.25, 0.3) is 11.1 Å². The van der Waals surface area contributed by atoms with Crippen molar-refractivity contribution < 1.29 is 9.53 Å². The number of carbonyl (C=O) groups is 1. The normalized spacial score (nSPS) is 14.3. The minimum absolute atomic E-state index is 0.0783. The van der Waals surface area contributed by atoms with Crippen LogP contribution in [0.2, 0.25) is 0 Å². The van der Waals surface area contributed by atoms with Crippen LogP contribution in [-0.2, 0) is 0 Å². The quantitative estimate of drug-likeness (QED) is 0.620. The summed E-state index contributed by atoms with van der Waals surface area (Å²) in [6.07, 6.45) is 7.23. The van der Waals surface area contributed by atoms with E-state index in [1.165, 1.54) is 19.3 Å². The summed E-state index contributed by atoms with van der Waals surface area (Å²) in [4.78, 5) is 19.2. The van der Waals surface area contributed by atoms with Crippen molar-refractivity contribution in [2.75, 3.05) is 26.2 Å². The number of nitrogens with one attached hydrogen (secondary N) is 1. The number of aromatic nitrogens is 1. The van der Waals surface area contributed by atoms with Crippen molar-refractivity contribution in [3.05, 3.63) is 78.6 Å². The first-order valence-corrected chi connectivity index (χ1v) is 10.6. The van der Waals surface area contributed by atoms with Crippen LogP contribution in [0, 0.1) is 0 Å². The first kappa shape index (κ1) is 20.1. The topological polar surface area (TPSA) is 54.5 Å². The smallest absolute Gasteiger partial charge is 0.252 e. The minimum Gasteiger partial charge on any atom is -0.457 e. The van der Waals surface area contributed by atoms with E-state index in [1.54, 1.807) is 12.4 Å². The average molecular weight is 402 g/mol. The maximum absolute atomic E-state index is 12.5. The third-order valence-corrected chi connectivity index (χ3v) is 5.33. The van der Waals surface area contributed by atoms with Gasteiger partial charge in [-0.3, -0.25) is 9.78 Å². The van der Waals surface area contributed by atoms with Crippen molar-refractivity contribution in [3.8, 4) is 22.6 Å². The largest absolute Gasteiger partial charge is 0.457 e. The second-order valence-corrected chi connectivity index (χ2v) is 7.56. The molecule has 0 radical (unpaired) electrons. The molecule has 1 aromatic heterocycles. The number of nitrogens with zero attached hydrogens (tertiary/aromatic N) is 2.